The van der Waals surface area contributed by atoms with Crippen molar-refractivity contribution in [3.05, 3.63) is 47.5 Å². The van der Waals surface area contributed by atoms with E-state index >= 15 is 0 Å². The topological polar surface area (TPSA) is 40.6 Å². The normalized spacial score (nSPS) is 13.4. The van der Waals surface area contributed by atoms with Gasteiger partial charge in [0, 0.05) is 29.6 Å². The Hall–Kier alpha value is -2.20. The number of carbonyl (C=O) groups excluding carboxylic acids is 2. The fourth-order valence-corrected chi connectivity index (χ4v) is 2.58. The van der Waals surface area contributed by atoms with E-state index in [0.29, 0.717) is 24.2 Å². The minimum atomic E-state index is -0.193. The Bertz CT molecular complexity index is 657. The van der Waals surface area contributed by atoms with Gasteiger partial charge < -0.3 is 4.90 Å². The zero-order valence-electron chi connectivity index (χ0n) is 13.6. The molecule has 1 heterocycles. The summed E-state index contributed by atoms with van der Waals surface area (Å²) < 4.78 is 0. The number of hydrogen-bond donors (Lipinski definition) is 0. The summed E-state index contributed by atoms with van der Waals surface area (Å²) in [5.41, 5.74) is 1.24. The van der Waals surface area contributed by atoms with E-state index in [2.05, 4.69) is 0 Å². The van der Waals surface area contributed by atoms with Crippen LogP contribution in [0.4, 0.5) is 0 Å². The maximum atomic E-state index is 12.5. The Balaban J connectivity index is 0.000000847. The van der Waals surface area contributed by atoms with Crippen LogP contribution < -0.4 is 0 Å². The lowest BCUT2D eigenvalue weighted by Gasteiger charge is -2.28. The molecule has 0 N–H and O–H groups in total. The van der Waals surface area contributed by atoms with E-state index in [1.165, 1.54) is 4.90 Å². The average molecular weight is 298 g/mol. The van der Waals surface area contributed by atoms with Crippen molar-refractivity contribution in [1.82, 2.24) is 9.80 Å². The summed E-state index contributed by atoms with van der Waals surface area (Å²) in [7, 11) is 3.85. The van der Waals surface area contributed by atoms with Crippen LogP contribution in [0.1, 0.15) is 34.6 Å². The third-order valence-corrected chi connectivity index (χ3v) is 3.63. The number of hydrogen-bond acceptors (Lipinski definition) is 3. The van der Waals surface area contributed by atoms with Crippen molar-refractivity contribution in [2.24, 2.45) is 0 Å². The van der Waals surface area contributed by atoms with Gasteiger partial charge in [0.15, 0.2) is 0 Å². The van der Waals surface area contributed by atoms with Crippen LogP contribution in [0, 0.1) is 0 Å². The largest absolute Gasteiger partial charge is 0.308 e. The second-order valence-corrected chi connectivity index (χ2v) is 5.27. The highest BCUT2D eigenvalue weighted by Gasteiger charge is 2.32. The Morgan fingerprint density at radius 2 is 1.41 bits per heavy atom. The van der Waals surface area contributed by atoms with Gasteiger partial charge in [-0.1, -0.05) is 38.1 Å². The lowest BCUT2D eigenvalue weighted by atomic mass is 9.94. The third kappa shape index (κ3) is 2.74. The van der Waals surface area contributed by atoms with E-state index in [4.69, 9.17) is 0 Å². The zero-order chi connectivity index (χ0) is 16.3. The van der Waals surface area contributed by atoms with Crippen molar-refractivity contribution in [2.75, 3.05) is 27.2 Å². The molecule has 2 aromatic carbocycles. The molecule has 0 aliphatic carbocycles. The lowest BCUT2D eigenvalue weighted by molar-refractivity contribution is 0.0601. The van der Waals surface area contributed by atoms with E-state index < -0.39 is 0 Å². The maximum Gasteiger partial charge on any atom is 0.261 e. The summed E-state index contributed by atoms with van der Waals surface area (Å²) >= 11 is 0. The fourth-order valence-electron chi connectivity index (χ4n) is 2.58. The van der Waals surface area contributed by atoms with Gasteiger partial charge in [-0.3, -0.25) is 14.5 Å². The smallest absolute Gasteiger partial charge is 0.261 e. The van der Waals surface area contributed by atoms with Gasteiger partial charge in [-0.25, -0.2) is 0 Å². The molecule has 4 nitrogen and oxygen atoms in total. The van der Waals surface area contributed by atoms with Crippen LogP contribution in [0.25, 0.3) is 10.8 Å². The van der Waals surface area contributed by atoms with Crippen LogP contribution in [0.5, 0.6) is 0 Å². The minimum Gasteiger partial charge on any atom is -0.308 e. The van der Waals surface area contributed by atoms with Gasteiger partial charge in [0.2, 0.25) is 0 Å². The first-order valence-corrected chi connectivity index (χ1v) is 7.62. The average Bonchev–Trinajstić information content (AvgIpc) is 2.54. The van der Waals surface area contributed by atoms with Crippen molar-refractivity contribution in [2.45, 2.75) is 13.8 Å². The van der Waals surface area contributed by atoms with Crippen LogP contribution in [-0.2, 0) is 0 Å². The molecule has 22 heavy (non-hydrogen) atoms. The number of rotatable bonds is 3. The number of imide groups is 1. The predicted molar refractivity (Wildman–Crippen MR) is 89.2 cm³/mol. The highest BCUT2D eigenvalue weighted by atomic mass is 16.2. The molecule has 1 aliphatic rings. The quantitative estimate of drug-likeness (QED) is 0.818. The molecule has 0 atom stereocenters. The fraction of sp³-hybridized carbons (Fsp3) is 0.333. The molecule has 2 amide bonds. The first-order chi connectivity index (χ1) is 10.6. The summed E-state index contributed by atoms with van der Waals surface area (Å²) in [5, 5.41) is 1.72. The van der Waals surface area contributed by atoms with Gasteiger partial charge in [-0.15, -0.1) is 0 Å². The first-order valence-electron chi connectivity index (χ1n) is 7.62. The molecule has 0 radical (unpaired) electrons. The molecule has 2 aromatic rings. The highest BCUT2D eigenvalue weighted by molar-refractivity contribution is 6.25. The summed E-state index contributed by atoms with van der Waals surface area (Å²) in [6.45, 7) is 5.07. The molecule has 0 unspecified atom stereocenters. The number of benzene rings is 2. The van der Waals surface area contributed by atoms with Crippen molar-refractivity contribution < 1.29 is 9.59 Å². The number of carbonyl (C=O) groups is 2. The molecule has 1 aliphatic heterocycles. The summed E-state index contributed by atoms with van der Waals surface area (Å²) in [6.07, 6.45) is 0. The first kappa shape index (κ1) is 16.2. The van der Waals surface area contributed by atoms with Crippen LogP contribution in [0.15, 0.2) is 36.4 Å². The Kier molecular flexibility index (Phi) is 4.93. The molecular formula is C18H22N2O2. The highest BCUT2D eigenvalue weighted by Crippen LogP contribution is 2.29. The van der Waals surface area contributed by atoms with Crippen LogP contribution in [0.2, 0.25) is 0 Å². The van der Waals surface area contributed by atoms with Crippen LogP contribution >= 0.6 is 0 Å². The molecule has 0 saturated carbocycles. The van der Waals surface area contributed by atoms with Gasteiger partial charge in [0.1, 0.15) is 0 Å². The lowest BCUT2D eigenvalue weighted by Crippen LogP contribution is -2.43. The molecular weight excluding hydrogens is 276 g/mol. The van der Waals surface area contributed by atoms with Crippen molar-refractivity contribution in [3.63, 3.8) is 0 Å². The van der Waals surface area contributed by atoms with Gasteiger partial charge in [-0.2, -0.15) is 0 Å². The second kappa shape index (κ2) is 6.71. The Morgan fingerprint density at radius 3 is 1.86 bits per heavy atom. The third-order valence-electron chi connectivity index (χ3n) is 3.63. The van der Waals surface area contributed by atoms with E-state index in [0.717, 1.165) is 10.8 Å². The number of likely N-dealkylation sites (N-methyl/N-ethyl adjacent to an activating group) is 1. The molecule has 4 heteroatoms. The Morgan fingerprint density at radius 1 is 0.909 bits per heavy atom. The van der Waals surface area contributed by atoms with E-state index in [1.807, 2.05) is 57.1 Å². The van der Waals surface area contributed by atoms with Crippen molar-refractivity contribution >= 4 is 22.6 Å². The van der Waals surface area contributed by atoms with E-state index in [9.17, 15) is 9.59 Å². The molecule has 0 saturated heterocycles. The summed E-state index contributed by atoms with van der Waals surface area (Å²) in [6, 6.07) is 11.2. The van der Waals surface area contributed by atoms with Crippen molar-refractivity contribution in [3.8, 4) is 0 Å². The standard InChI is InChI=1S/C16H16N2O2.C2H6/c1-17(2)9-10-18-15(19)12-7-3-5-11-6-4-8-13(14(11)12)16(18)20;1-2/h3-8H,9-10H2,1-2H3;1-2H3. The van der Waals surface area contributed by atoms with Gasteiger partial charge in [0.05, 0.1) is 0 Å². The molecule has 116 valence electrons. The molecule has 0 aromatic heterocycles. The number of nitrogens with zero attached hydrogens (tertiary/aromatic N) is 2. The number of amides is 2. The molecule has 0 fully saturated rings. The minimum absolute atomic E-state index is 0.193. The van der Waals surface area contributed by atoms with Gasteiger partial charge in [0.25, 0.3) is 11.8 Å². The van der Waals surface area contributed by atoms with Crippen LogP contribution in [0.3, 0.4) is 0 Å². The van der Waals surface area contributed by atoms with Gasteiger partial charge in [-0.05, 0) is 31.6 Å². The monoisotopic (exact) mass is 298 g/mol. The van der Waals surface area contributed by atoms with Crippen LogP contribution in [-0.4, -0.2) is 48.8 Å². The summed E-state index contributed by atoms with van der Waals surface area (Å²) in [4.78, 5) is 28.3. The predicted octanol–water partition coefficient (Wildman–Crippen LogP) is 3.02. The van der Waals surface area contributed by atoms with E-state index in [1.54, 1.807) is 12.1 Å². The van der Waals surface area contributed by atoms with Crippen molar-refractivity contribution in [1.29, 1.82) is 0 Å². The molecule has 3 rings (SSSR count). The van der Waals surface area contributed by atoms with Gasteiger partial charge >= 0.3 is 0 Å². The summed E-state index contributed by atoms with van der Waals surface area (Å²) in [5.74, 6) is -0.387. The second-order valence-electron chi connectivity index (χ2n) is 5.27. The molecule has 0 bridgehead atoms. The molecule has 0 spiro atoms. The van der Waals surface area contributed by atoms with E-state index in [-0.39, 0.29) is 11.8 Å². The SMILES string of the molecule is CC.CN(C)CCN1C(=O)c2cccc3cccc(c23)C1=O. The maximum absolute atomic E-state index is 12.5. The zero-order valence-corrected chi connectivity index (χ0v) is 13.6. The Labute approximate surface area is 131 Å².